The molecule has 3 saturated heterocycles. The molecule has 6 heterocycles. The summed E-state index contributed by atoms with van der Waals surface area (Å²) in [5, 5.41) is 4.82. The monoisotopic (exact) mass is 846 g/mol. The molecule has 13 nitrogen and oxygen atoms in total. The van der Waals surface area contributed by atoms with E-state index in [0.29, 0.717) is 36.6 Å². The van der Waals surface area contributed by atoms with Crippen LogP contribution in [-0.4, -0.2) is 96.1 Å². The fraction of sp³-hybridized carbons (Fsp3) is 0.468. The smallest absolute Gasteiger partial charge is 0.273 e. The summed E-state index contributed by atoms with van der Waals surface area (Å²) in [6.07, 6.45) is 14.0. The van der Waals surface area contributed by atoms with Gasteiger partial charge in [-0.2, -0.15) is 0 Å². The Morgan fingerprint density at radius 2 is 1.77 bits per heavy atom. The number of nitrogens with one attached hydrogen (secondary N) is 2. The van der Waals surface area contributed by atoms with Gasteiger partial charge in [0.15, 0.2) is 11.9 Å². The van der Waals surface area contributed by atoms with Crippen molar-refractivity contribution in [2.75, 3.05) is 44.3 Å². The zero-order valence-corrected chi connectivity index (χ0v) is 35.7. The van der Waals surface area contributed by atoms with Crippen molar-refractivity contribution in [1.29, 1.82) is 0 Å². The van der Waals surface area contributed by atoms with Gasteiger partial charge in [-0.3, -0.25) is 4.79 Å². The Morgan fingerprint density at radius 3 is 2.52 bits per heavy atom. The lowest BCUT2D eigenvalue weighted by atomic mass is 9.85. The van der Waals surface area contributed by atoms with E-state index in [0.717, 1.165) is 95.3 Å². The summed E-state index contributed by atoms with van der Waals surface area (Å²) in [6, 6.07) is 19.8. The number of aromatic nitrogens is 4. The van der Waals surface area contributed by atoms with E-state index in [1.807, 2.05) is 49.4 Å². The summed E-state index contributed by atoms with van der Waals surface area (Å²) in [7, 11) is -4.05. The molecule has 5 aliphatic rings. The predicted molar refractivity (Wildman–Crippen MR) is 235 cm³/mol. The molecule has 0 bridgehead atoms. The highest BCUT2D eigenvalue weighted by Crippen LogP contribution is 2.45. The molecule has 3 atom stereocenters. The molecule has 2 aliphatic carbocycles. The lowest BCUT2D eigenvalue weighted by molar-refractivity contribution is -0.197. The van der Waals surface area contributed by atoms with E-state index in [4.69, 9.17) is 28.9 Å². The van der Waals surface area contributed by atoms with Crippen LogP contribution in [0, 0.1) is 0 Å². The molecule has 0 spiro atoms. The summed E-state index contributed by atoms with van der Waals surface area (Å²) in [6.45, 7) is 7.81. The molecule has 2 aromatic carbocycles. The van der Waals surface area contributed by atoms with Gasteiger partial charge in [0.1, 0.15) is 10.3 Å². The molecule has 320 valence electrons. The van der Waals surface area contributed by atoms with Crippen LogP contribution in [0.1, 0.15) is 82.0 Å². The Labute approximate surface area is 356 Å². The first kappa shape index (κ1) is 40.4. The predicted octanol–water partition coefficient (Wildman–Crippen LogP) is 6.57. The molecule has 3 aromatic heterocycles. The number of piperidine rings is 1. The topological polar surface area (TPSA) is 150 Å². The van der Waals surface area contributed by atoms with E-state index >= 15 is 0 Å². The third-order valence-electron chi connectivity index (χ3n) is 13.3. The summed E-state index contributed by atoms with van der Waals surface area (Å²) in [5.74, 6) is 0.624. The van der Waals surface area contributed by atoms with Crippen molar-refractivity contribution < 1.29 is 27.4 Å². The van der Waals surface area contributed by atoms with Gasteiger partial charge in [0, 0.05) is 42.9 Å². The van der Waals surface area contributed by atoms with Gasteiger partial charge in [0.05, 0.1) is 36.1 Å². The van der Waals surface area contributed by atoms with Crippen LogP contribution in [0.2, 0.25) is 0 Å². The zero-order valence-electron chi connectivity index (χ0n) is 34.8. The minimum absolute atomic E-state index is 0.0405. The van der Waals surface area contributed by atoms with Crippen LogP contribution in [0.25, 0.3) is 27.4 Å². The van der Waals surface area contributed by atoms with Crippen LogP contribution in [0.3, 0.4) is 0 Å². The molecule has 3 aliphatic heterocycles. The second kappa shape index (κ2) is 16.2. The first-order valence-electron chi connectivity index (χ1n) is 21.8. The molecular formula is C47H54N6O7S. The fourth-order valence-electron chi connectivity index (χ4n) is 9.22. The van der Waals surface area contributed by atoms with Crippen LogP contribution in [0.15, 0.2) is 95.6 Å². The molecular weight excluding hydrogens is 793 g/mol. The Morgan fingerprint density at radius 1 is 0.951 bits per heavy atom. The molecule has 2 unspecified atom stereocenters. The number of H-pyrrole nitrogens is 1. The largest absolute Gasteiger partial charge is 0.371 e. The van der Waals surface area contributed by atoms with Crippen molar-refractivity contribution in [3.05, 3.63) is 118 Å². The van der Waals surface area contributed by atoms with Crippen molar-refractivity contribution in [2.45, 2.75) is 100 Å². The normalized spacial score (nSPS) is 24.0. The number of rotatable bonds is 13. The van der Waals surface area contributed by atoms with Crippen molar-refractivity contribution in [2.24, 2.45) is 0 Å². The third-order valence-corrected chi connectivity index (χ3v) is 15.7. The van der Waals surface area contributed by atoms with Crippen LogP contribution in [-0.2, 0) is 34.6 Å². The standard InChI is InChI=1S/C47H54N6O7S/c1-31-26-34(15-20-46(31,2)61(55,56)53-24-19-32-16-23-49-44(54)42(32)53)33-11-14-40-39(27-33)43(51-45(50-40)52-28-38(29-52)59-36-17-21-48-22-18-36)47(60-37-12-13-37,35-8-4-3-5-9-35)30-58-41-10-6-7-25-57-41/h3-5,8-9,11,14-16,19,23-24,26-27,36-38,41,48H,6-7,10,12-13,17-18,20-22,25,28-30H2,1-2H3,(H,49,54)/t41?,46?,47-/m0/s1. The van der Waals surface area contributed by atoms with Gasteiger partial charge in [-0.25, -0.2) is 22.4 Å². The molecule has 14 heteroatoms. The van der Waals surface area contributed by atoms with E-state index in [2.05, 4.69) is 33.4 Å². The van der Waals surface area contributed by atoms with Gasteiger partial charge in [-0.15, -0.1) is 0 Å². The van der Waals surface area contributed by atoms with Gasteiger partial charge < -0.3 is 34.1 Å². The number of nitrogens with zero attached hydrogens (tertiary/aromatic N) is 4. The Balaban J connectivity index is 1.05. The van der Waals surface area contributed by atoms with Crippen molar-refractivity contribution >= 4 is 43.4 Å². The highest BCUT2D eigenvalue weighted by Gasteiger charge is 2.47. The van der Waals surface area contributed by atoms with E-state index in [1.165, 1.54) is 12.4 Å². The Bertz CT molecular complexity index is 2660. The second-order valence-corrected chi connectivity index (χ2v) is 19.7. The molecule has 1 saturated carbocycles. The van der Waals surface area contributed by atoms with Crippen LogP contribution in [0.4, 0.5) is 5.95 Å². The van der Waals surface area contributed by atoms with Crippen LogP contribution >= 0.6 is 0 Å². The van der Waals surface area contributed by atoms with Gasteiger partial charge in [-0.05, 0) is 125 Å². The van der Waals surface area contributed by atoms with Crippen molar-refractivity contribution in [3.8, 4) is 0 Å². The Hall–Kier alpha value is -4.70. The second-order valence-electron chi connectivity index (χ2n) is 17.5. The van der Waals surface area contributed by atoms with Gasteiger partial charge in [0.2, 0.25) is 16.0 Å². The van der Waals surface area contributed by atoms with Gasteiger partial charge >= 0.3 is 0 Å². The molecule has 2 N–H and O–H groups in total. The maximum Gasteiger partial charge on any atom is 0.273 e. The van der Waals surface area contributed by atoms with Crippen molar-refractivity contribution in [1.82, 2.24) is 24.2 Å². The number of ether oxygens (including phenoxy) is 4. The van der Waals surface area contributed by atoms with Gasteiger partial charge in [-0.1, -0.05) is 48.6 Å². The molecule has 4 fully saturated rings. The quantitative estimate of drug-likeness (QED) is 0.133. The van der Waals surface area contributed by atoms with E-state index < -0.39 is 25.9 Å². The highest BCUT2D eigenvalue weighted by molar-refractivity contribution is 7.91. The number of benzene rings is 2. The average molecular weight is 847 g/mol. The average Bonchev–Trinajstić information content (AvgIpc) is 3.98. The Kier molecular flexibility index (Phi) is 10.7. The summed E-state index contributed by atoms with van der Waals surface area (Å²) in [5.41, 5.74) is 3.46. The fourth-order valence-corrected chi connectivity index (χ4v) is 11.1. The number of fused-ring (bicyclic) bond motifs is 2. The number of anilines is 1. The number of allylic oxidation sites excluding steroid dienone is 3. The highest BCUT2D eigenvalue weighted by atomic mass is 32.2. The third kappa shape index (κ3) is 7.54. The number of pyridine rings is 1. The van der Waals surface area contributed by atoms with Crippen LogP contribution < -0.4 is 15.8 Å². The molecule has 0 amide bonds. The summed E-state index contributed by atoms with van der Waals surface area (Å²) < 4.78 is 55.3. The number of hydrogen-bond acceptors (Lipinski definition) is 11. The van der Waals surface area contributed by atoms with Crippen LogP contribution in [0.5, 0.6) is 0 Å². The lowest BCUT2D eigenvalue weighted by Crippen LogP contribution is -2.55. The van der Waals surface area contributed by atoms with Gasteiger partial charge in [0.25, 0.3) is 5.56 Å². The SMILES string of the molecule is CC1=CC(c2ccc3nc(N4CC(OC5CCNCC5)C4)nc([C@@](COC4CCCCO4)(OC4CC4)c4ccccc4)c3c2)=CCC1(C)S(=O)(=O)n1ccc2cc[nH]c(=O)c21. The number of aromatic amines is 1. The lowest BCUT2D eigenvalue weighted by Gasteiger charge is -2.42. The van der Waals surface area contributed by atoms with E-state index in [9.17, 15) is 13.2 Å². The maximum atomic E-state index is 14.4. The van der Waals surface area contributed by atoms with E-state index in [1.54, 1.807) is 19.1 Å². The summed E-state index contributed by atoms with van der Waals surface area (Å²) >= 11 is 0. The molecule has 0 radical (unpaired) electrons. The minimum Gasteiger partial charge on any atom is -0.371 e. The van der Waals surface area contributed by atoms with Crippen molar-refractivity contribution in [3.63, 3.8) is 0 Å². The first-order chi connectivity index (χ1) is 29.6. The number of hydrogen-bond donors (Lipinski definition) is 2. The first-order valence-corrected chi connectivity index (χ1v) is 23.3. The molecule has 61 heavy (non-hydrogen) atoms. The maximum absolute atomic E-state index is 14.4. The molecule has 5 aromatic rings. The van der Waals surface area contributed by atoms with E-state index in [-0.39, 0.29) is 43.1 Å². The molecule has 10 rings (SSSR count). The zero-order chi connectivity index (χ0) is 41.8. The minimum atomic E-state index is -4.05. The summed E-state index contributed by atoms with van der Waals surface area (Å²) in [4.78, 5) is 28.3.